The molecular formula is C16H26BrClN2. The van der Waals surface area contributed by atoms with Gasteiger partial charge in [0.15, 0.2) is 0 Å². The van der Waals surface area contributed by atoms with E-state index < -0.39 is 0 Å². The zero-order valence-corrected chi connectivity index (χ0v) is 14.9. The molecule has 2 N–H and O–H groups in total. The van der Waals surface area contributed by atoms with Crippen LogP contribution in [0.5, 0.6) is 0 Å². The van der Waals surface area contributed by atoms with Crippen LogP contribution in [0, 0.1) is 0 Å². The molecule has 0 aromatic heterocycles. The Labute approximate surface area is 136 Å². The molecule has 0 radical (unpaired) electrons. The minimum absolute atomic E-state index is 0.279. The summed E-state index contributed by atoms with van der Waals surface area (Å²) >= 11 is 9.59. The third-order valence-corrected chi connectivity index (χ3v) is 4.80. The Morgan fingerprint density at radius 3 is 2.25 bits per heavy atom. The molecule has 0 aliphatic rings. The van der Waals surface area contributed by atoms with E-state index in [-0.39, 0.29) is 6.04 Å². The third kappa shape index (κ3) is 5.36. The van der Waals surface area contributed by atoms with Crippen molar-refractivity contribution in [2.45, 2.75) is 45.6 Å². The monoisotopic (exact) mass is 360 g/mol. The van der Waals surface area contributed by atoms with Crippen LogP contribution in [0.3, 0.4) is 0 Å². The largest absolute Gasteiger partial charge is 0.329 e. The number of halogens is 2. The molecule has 0 spiro atoms. The van der Waals surface area contributed by atoms with Gasteiger partial charge in [0.1, 0.15) is 0 Å². The van der Waals surface area contributed by atoms with E-state index in [1.165, 1.54) is 31.2 Å². The van der Waals surface area contributed by atoms with E-state index in [9.17, 15) is 0 Å². The first-order valence-corrected chi connectivity index (χ1v) is 8.70. The topological polar surface area (TPSA) is 29.3 Å². The van der Waals surface area contributed by atoms with Gasteiger partial charge in [-0.3, -0.25) is 4.90 Å². The van der Waals surface area contributed by atoms with Gasteiger partial charge in [-0.05, 0) is 59.6 Å². The highest BCUT2D eigenvalue weighted by Gasteiger charge is 2.18. The van der Waals surface area contributed by atoms with Crippen molar-refractivity contribution in [1.82, 2.24) is 4.90 Å². The summed E-state index contributed by atoms with van der Waals surface area (Å²) in [5, 5.41) is 0.748. The lowest BCUT2D eigenvalue weighted by atomic mass is 10.0. The maximum atomic E-state index is 6.08. The summed E-state index contributed by atoms with van der Waals surface area (Å²) < 4.78 is 0.945. The fourth-order valence-corrected chi connectivity index (χ4v) is 2.88. The van der Waals surface area contributed by atoms with Crippen LogP contribution in [-0.4, -0.2) is 24.5 Å². The second-order valence-corrected chi connectivity index (χ2v) is 6.43. The van der Waals surface area contributed by atoms with Crippen LogP contribution < -0.4 is 5.73 Å². The quantitative estimate of drug-likeness (QED) is 0.670. The minimum atomic E-state index is 0.279. The Morgan fingerprint density at radius 2 is 1.80 bits per heavy atom. The first kappa shape index (κ1) is 18.0. The van der Waals surface area contributed by atoms with Gasteiger partial charge in [-0.15, -0.1) is 0 Å². The number of unbranched alkanes of at least 4 members (excludes halogenated alkanes) is 2. The molecule has 0 saturated carbocycles. The summed E-state index contributed by atoms with van der Waals surface area (Å²) in [5.41, 5.74) is 7.29. The first-order chi connectivity index (χ1) is 9.63. The molecule has 1 rings (SSSR count). The van der Waals surface area contributed by atoms with Gasteiger partial charge in [0, 0.05) is 17.1 Å². The van der Waals surface area contributed by atoms with Crippen LogP contribution >= 0.6 is 27.5 Å². The Hall–Kier alpha value is -0.0900. The highest BCUT2D eigenvalue weighted by Crippen LogP contribution is 2.28. The summed E-state index contributed by atoms with van der Waals surface area (Å²) in [6.07, 6.45) is 4.86. The predicted octanol–water partition coefficient (Wildman–Crippen LogP) is 5.00. The van der Waals surface area contributed by atoms with Crippen molar-refractivity contribution < 1.29 is 0 Å². The fourth-order valence-electron chi connectivity index (χ4n) is 2.36. The van der Waals surface area contributed by atoms with Crippen LogP contribution in [0.25, 0.3) is 0 Å². The van der Waals surface area contributed by atoms with Gasteiger partial charge in [0.25, 0.3) is 0 Å². The number of nitrogens with zero attached hydrogens (tertiary/aromatic N) is 1. The van der Waals surface area contributed by atoms with Crippen molar-refractivity contribution in [3.8, 4) is 0 Å². The van der Waals surface area contributed by atoms with E-state index in [0.717, 1.165) is 22.6 Å². The van der Waals surface area contributed by atoms with Gasteiger partial charge in [-0.2, -0.15) is 0 Å². The summed E-state index contributed by atoms with van der Waals surface area (Å²) in [6.45, 7) is 7.32. The number of hydrogen-bond acceptors (Lipinski definition) is 2. The molecule has 4 heteroatoms. The van der Waals surface area contributed by atoms with Crippen molar-refractivity contribution in [3.05, 3.63) is 33.3 Å². The Morgan fingerprint density at radius 1 is 1.20 bits per heavy atom. The Bertz CT molecular complexity index is 390. The van der Waals surface area contributed by atoms with Gasteiger partial charge in [0.05, 0.1) is 5.02 Å². The van der Waals surface area contributed by atoms with Gasteiger partial charge in [-0.1, -0.05) is 44.4 Å². The molecule has 0 heterocycles. The van der Waals surface area contributed by atoms with E-state index in [1.54, 1.807) is 0 Å². The summed E-state index contributed by atoms with van der Waals surface area (Å²) in [7, 11) is 0. The van der Waals surface area contributed by atoms with Crippen molar-refractivity contribution in [2.24, 2.45) is 5.73 Å². The molecule has 0 amide bonds. The van der Waals surface area contributed by atoms with E-state index >= 15 is 0 Å². The molecular weight excluding hydrogens is 336 g/mol. The maximum absolute atomic E-state index is 6.08. The average molecular weight is 362 g/mol. The van der Waals surface area contributed by atoms with E-state index in [1.807, 2.05) is 6.07 Å². The predicted molar refractivity (Wildman–Crippen MR) is 92.3 cm³/mol. The van der Waals surface area contributed by atoms with Crippen molar-refractivity contribution >= 4 is 27.5 Å². The first-order valence-electron chi connectivity index (χ1n) is 7.53. The minimum Gasteiger partial charge on any atom is -0.329 e. The van der Waals surface area contributed by atoms with Gasteiger partial charge in [0.2, 0.25) is 0 Å². The number of hydrogen-bond donors (Lipinski definition) is 1. The molecule has 1 atom stereocenters. The molecule has 0 bridgehead atoms. The molecule has 0 aliphatic carbocycles. The summed E-state index contributed by atoms with van der Waals surface area (Å²) in [4.78, 5) is 2.52. The van der Waals surface area contributed by atoms with Gasteiger partial charge >= 0.3 is 0 Å². The highest BCUT2D eigenvalue weighted by molar-refractivity contribution is 9.10. The van der Waals surface area contributed by atoms with E-state index in [2.05, 4.69) is 46.8 Å². The molecule has 1 unspecified atom stereocenters. The smallest absolute Gasteiger partial charge is 0.0548 e. The number of rotatable bonds is 9. The van der Waals surface area contributed by atoms with Gasteiger partial charge < -0.3 is 5.73 Å². The SMILES string of the molecule is CCCCN(CCCC)C(CN)c1ccc(Cl)c(Br)c1. The normalized spacial score (nSPS) is 12.9. The molecule has 0 fully saturated rings. The Kier molecular flexibility index (Phi) is 8.78. The second kappa shape index (κ2) is 9.78. The summed E-state index contributed by atoms with van der Waals surface area (Å²) in [6, 6.07) is 6.42. The van der Waals surface area contributed by atoms with Crippen molar-refractivity contribution in [3.63, 3.8) is 0 Å². The molecule has 1 aromatic carbocycles. The molecule has 0 saturated heterocycles. The van der Waals surface area contributed by atoms with Crippen molar-refractivity contribution in [2.75, 3.05) is 19.6 Å². The lowest BCUT2D eigenvalue weighted by Gasteiger charge is -2.31. The highest BCUT2D eigenvalue weighted by atomic mass is 79.9. The maximum Gasteiger partial charge on any atom is 0.0548 e. The lowest BCUT2D eigenvalue weighted by molar-refractivity contribution is 0.195. The van der Waals surface area contributed by atoms with Crippen LogP contribution in [0.2, 0.25) is 5.02 Å². The van der Waals surface area contributed by atoms with Crippen LogP contribution in [-0.2, 0) is 0 Å². The number of nitrogens with two attached hydrogens (primary N) is 1. The van der Waals surface area contributed by atoms with Crippen molar-refractivity contribution in [1.29, 1.82) is 0 Å². The Balaban J connectivity index is 2.88. The molecule has 20 heavy (non-hydrogen) atoms. The standard InChI is InChI=1S/C16H26BrClN2/c1-3-5-9-20(10-6-4-2)16(12-19)13-7-8-15(18)14(17)11-13/h7-8,11,16H,3-6,9-10,12,19H2,1-2H3. The van der Waals surface area contributed by atoms with Gasteiger partial charge in [-0.25, -0.2) is 0 Å². The van der Waals surface area contributed by atoms with E-state index in [4.69, 9.17) is 17.3 Å². The van der Waals surface area contributed by atoms with Crippen LogP contribution in [0.1, 0.15) is 51.1 Å². The third-order valence-electron chi connectivity index (χ3n) is 3.59. The average Bonchev–Trinajstić information content (AvgIpc) is 2.45. The van der Waals surface area contributed by atoms with Crippen LogP contribution in [0.4, 0.5) is 0 Å². The second-order valence-electron chi connectivity index (χ2n) is 5.17. The zero-order valence-electron chi connectivity index (χ0n) is 12.5. The lowest BCUT2D eigenvalue weighted by Crippen LogP contribution is -2.35. The molecule has 1 aromatic rings. The zero-order chi connectivity index (χ0) is 15.0. The van der Waals surface area contributed by atoms with Crippen LogP contribution in [0.15, 0.2) is 22.7 Å². The summed E-state index contributed by atoms with van der Waals surface area (Å²) in [5.74, 6) is 0. The molecule has 114 valence electrons. The van der Waals surface area contributed by atoms with E-state index in [0.29, 0.717) is 6.54 Å². The molecule has 0 aliphatic heterocycles. The fraction of sp³-hybridized carbons (Fsp3) is 0.625. The number of benzene rings is 1. The molecule has 2 nitrogen and oxygen atoms in total.